The van der Waals surface area contributed by atoms with Crippen molar-refractivity contribution in [1.29, 1.82) is 0 Å². The van der Waals surface area contributed by atoms with Crippen LogP contribution in [0, 0.1) is 10.1 Å². The molecule has 4 rings (SSSR count). The number of nitro benzene ring substituents is 1. The Hall–Kier alpha value is -3.46. The largest absolute Gasteiger partial charge is 0.467 e. The summed E-state index contributed by atoms with van der Waals surface area (Å²) in [6, 6.07) is 11.3. The predicted octanol–water partition coefficient (Wildman–Crippen LogP) is 2.51. The van der Waals surface area contributed by atoms with Gasteiger partial charge in [0.1, 0.15) is 11.8 Å². The van der Waals surface area contributed by atoms with Crippen LogP contribution in [0.5, 0.6) is 5.75 Å². The number of hydrogen-bond donors (Lipinski definition) is 1. The second-order valence-electron chi connectivity index (χ2n) is 6.91. The number of fused-ring (bicyclic) bond motifs is 1. The van der Waals surface area contributed by atoms with Crippen molar-refractivity contribution < 1.29 is 24.0 Å². The molecule has 2 aliphatic heterocycles. The van der Waals surface area contributed by atoms with Crippen molar-refractivity contribution in [1.82, 2.24) is 10.2 Å². The fourth-order valence-electron chi connectivity index (χ4n) is 3.55. The zero-order valence-electron chi connectivity index (χ0n) is 15.5. The number of imide groups is 1. The lowest BCUT2D eigenvalue weighted by Gasteiger charge is -2.22. The van der Waals surface area contributed by atoms with Crippen molar-refractivity contribution >= 4 is 17.6 Å². The number of ether oxygens (including phenoxy) is 2. The highest BCUT2D eigenvalue weighted by molar-refractivity contribution is 6.04. The molecule has 1 N–H and O–H groups in total. The second-order valence-corrected chi connectivity index (χ2v) is 6.91. The van der Waals surface area contributed by atoms with Crippen LogP contribution in [0.2, 0.25) is 0 Å². The summed E-state index contributed by atoms with van der Waals surface area (Å²) in [7, 11) is 0. The summed E-state index contributed by atoms with van der Waals surface area (Å²) < 4.78 is 10.7. The number of nitro groups is 1. The van der Waals surface area contributed by atoms with Gasteiger partial charge in [-0.05, 0) is 18.4 Å². The number of hydrogen-bond acceptors (Lipinski definition) is 6. The fraction of sp³-hybridized carbons (Fsp3) is 0.300. The van der Waals surface area contributed by atoms with Crippen LogP contribution in [-0.4, -0.2) is 34.6 Å². The van der Waals surface area contributed by atoms with E-state index >= 15 is 0 Å². The Balaban J connectivity index is 1.52. The molecule has 0 aromatic heterocycles. The molecule has 0 aliphatic carbocycles. The molecule has 2 aliphatic rings. The number of carbonyl (C=O) groups is 2. The van der Waals surface area contributed by atoms with Crippen LogP contribution < -0.4 is 10.1 Å². The Bertz CT molecular complexity index is 962. The normalized spacial score (nSPS) is 18.2. The Morgan fingerprint density at radius 3 is 2.76 bits per heavy atom. The van der Waals surface area contributed by atoms with Crippen LogP contribution in [0.3, 0.4) is 0 Å². The average Bonchev–Trinajstić information content (AvgIpc) is 3.00. The van der Waals surface area contributed by atoms with Gasteiger partial charge in [0.05, 0.1) is 18.1 Å². The fourth-order valence-corrected chi connectivity index (χ4v) is 3.55. The molecule has 2 aromatic rings. The summed E-state index contributed by atoms with van der Waals surface area (Å²) in [5.74, 6) is 0.0773. The molecule has 1 fully saturated rings. The van der Waals surface area contributed by atoms with Gasteiger partial charge in [-0.1, -0.05) is 30.3 Å². The number of benzene rings is 2. The lowest BCUT2D eigenvalue weighted by atomic mass is 10.0. The molecule has 2 heterocycles. The SMILES string of the molecule is O=C1N[C@H](CCc2ccccc2)C(=O)N1Cc1cc([N+](=O)[O-])cc2c1OCOC2. The highest BCUT2D eigenvalue weighted by atomic mass is 16.7. The number of nitrogens with one attached hydrogen (secondary N) is 1. The predicted molar refractivity (Wildman–Crippen MR) is 101 cm³/mol. The van der Waals surface area contributed by atoms with Crippen molar-refractivity contribution in [2.45, 2.75) is 32.0 Å². The molecule has 0 saturated carbocycles. The van der Waals surface area contributed by atoms with Gasteiger partial charge in [-0.15, -0.1) is 0 Å². The Labute approximate surface area is 166 Å². The molecule has 1 saturated heterocycles. The quantitative estimate of drug-likeness (QED) is 0.455. The summed E-state index contributed by atoms with van der Waals surface area (Å²) in [5, 5.41) is 13.9. The summed E-state index contributed by atoms with van der Waals surface area (Å²) in [6.45, 7) is 0.0814. The van der Waals surface area contributed by atoms with E-state index in [1.165, 1.54) is 12.1 Å². The minimum atomic E-state index is -0.624. The number of non-ortho nitro benzene ring substituents is 1. The summed E-state index contributed by atoms with van der Waals surface area (Å²) in [5.41, 5.74) is 1.87. The topological polar surface area (TPSA) is 111 Å². The molecule has 0 unspecified atom stereocenters. The lowest BCUT2D eigenvalue weighted by molar-refractivity contribution is -0.385. The van der Waals surface area contributed by atoms with Crippen LogP contribution in [0.25, 0.3) is 0 Å². The van der Waals surface area contributed by atoms with E-state index in [0.717, 1.165) is 10.5 Å². The van der Waals surface area contributed by atoms with Crippen molar-refractivity contribution in [3.05, 3.63) is 69.3 Å². The minimum Gasteiger partial charge on any atom is -0.467 e. The number of amides is 3. The van der Waals surface area contributed by atoms with Crippen molar-refractivity contribution in [2.75, 3.05) is 6.79 Å². The van der Waals surface area contributed by atoms with Crippen LogP contribution in [0.4, 0.5) is 10.5 Å². The van der Waals surface area contributed by atoms with Gasteiger partial charge in [0.25, 0.3) is 11.6 Å². The van der Waals surface area contributed by atoms with Crippen LogP contribution in [-0.2, 0) is 29.1 Å². The molecule has 0 radical (unpaired) electrons. The maximum absolute atomic E-state index is 12.8. The van der Waals surface area contributed by atoms with Crippen LogP contribution in [0.1, 0.15) is 23.1 Å². The lowest BCUT2D eigenvalue weighted by Crippen LogP contribution is -2.31. The van der Waals surface area contributed by atoms with Crippen molar-refractivity contribution in [3.63, 3.8) is 0 Å². The molecule has 150 valence electrons. The van der Waals surface area contributed by atoms with Gasteiger partial charge in [0, 0.05) is 23.3 Å². The average molecular weight is 397 g/mol. The van der Waals surface area contributed by atoms with Crippen molar-refractivity contribution in [3.8, 4) is 5.75 Å². The van der Waals surface area contributed by atoms with E-state index in [9.17, 15) is 19.7 Å². The molecule has 3 amide bonds. The summed E-state index contributed by atoms with van der Waals surface area (Å²) in [6.07, 6.45) is 1.13. The molecule has 2 aromatic carbocycles. The van der Waals surface area contributed by atoms with E-state index in [4.69, 9.17) is 9.47 Å². The van der Waals surface area contributed by atoms with E-state index in [1.807, 2.05) is 30.3 Å². The van der Waals surface area contributed by atoms with E-state index in [0.29, 0.717) is 29.7 Å². The Morgan fingerprint density at radius 2 is 2.00 bits per heavy atom. The molecular formula is C20H19N3O6. The van der Waals surface area contributed by atoms with E-state index in [1.54, 1.807) is 0 Å². The second kappa shape index (κ2) is 7.88. The van der Waals surface area contributed by atoms with Gasteiger partial charge in [-0.2, -0.15) is 0 Å². The maximum atomic E-state index is 12.8. The van der Waals surface area contributed by atoms with Crippen LogP contribution in [0.15, 0.2) is 42.5 Å². The van der Waals surface area contributed by atoms with Gasteiger partial charge in [0.15, 0.2) is 6.79 Å². The summed E-state index contributed by atoms with van der Waals surface area (Å²) in [4.78, 5) is 37.0. The van der Waals surface area contributed by atoms with Crippen LogP contribution >= 0.6 is 0 Å². The Kier molecular flexibility index (Phi) is 5.13. The number of nitrogens with zero attached hydrogens (tertiary/aromatic N) is 2. The molecule has 9 heteroatoms. The first-order valence-corrected chi connectivity index (χ1v) is 9.19. The van der Waals surface area contributed by atoms with Gasteiger partial charge in [-0.25, -0.2) is 4.79 Å². The first kappa shape index (κ1) is 18.9. The number of carbonyl (C=O) groups excluding carboxylic acids is 2. The van der Waals surface area contributed by atoms with E-state index < -0.39 is 17.0 Å². The highest BCUT2D eigenvalue weighted by Crippen LogP contribution is 2.34. The zero-order valence-corrected chi connectivity index (χ0v) is 15.5. The first-order valence-electron chi connectivity index (χ1n) is 9.19. The Morgan fingerprint density at radius 1 is 1.21 bits per heavy atom. The smallest absolute Gasteiger partial charge is 0.325 e. The summed E-state index contributed by atoms with van der Waals surface area (Å²) >= 11 is 0. The maximum Gasteiger partial charge on any atom is 0.325 e. The number of rotatable bonds is 6. The third-order valence-electron chi connectivity index (χ3n) is 4.98. The van der Waals surface area contributed by atoms with Crippen molar-refractivity contribution in [2.24, 2.45) is 0 Å². The third-order valence-corrected chi connectivity index (χ3v) is 4.98. The minimum absolute atomic E-state index is 0.0116. The molecule has 1 atom stereocenters. The monoisotopic (exact) mass is 397 g/mol. The third kappa shape index (κ3) is 3.90. The molecule has 9 nitrogen and oxygen atoms in total. The molecule has 0 bridgehead atoms. The molecule has 0 spiro atoms. The van der Waals surface area contributed by atoms with Gasteiger partial charge >= 0.3 is 6.03 Å². The highest BCUT2D eigenvalue weighted by Gasteiger charge is 2.38. The van der Waals surface area contributed by atoms with Gasteiger partial charge in [-0.3, -0.25) is 19.8 Å². The first-order chi connectivity index (χ1) is 14.0. The van der Waals surface area contributed by atoms with E-state index in [2.05, 4.69) is 5.32 Å². The van der Waals surface area contributed by atoms with E-state index in [-0.39, 0.29) is 31.5 Å². The van der Waals surface area contributed by atoms with Gasteiger partial charge in [0.2, 0.25) is 0 Å². The standard InChI is InChI=1S/C20H19N3O6/c24-19-17(7-6-13-4-2-1-3-5-13)21-20(25)22(19)10-14-8-16(23(26)27)9-15-11-28-12-29-18(14)15/h1-5,8-9,17H,6-7,10-12H2,(H,21,25)/t17-/m1/s1. The molecular weight excluding hydrogens is 378 g/mol. The number of urea groups is 1. The zero-order chi connectivity index (χ0) is 20.4. The number of aryl methyl sites for hydroxylation is 1. The molecule has 29 heavy (non-hydrogen) atoms. The van der Waals surface area contributed by atoms with Gasteiger partial charge < -0.3 is 14.8 Å².